The van der Waals surface area contributed by atoms with Gasteiger partial charge >= 0.3 is 0 Å². The van der Waals surface area contributed by atoms with E-state index < -0.39 is 5.91 Å². The first-order valence-corrected chi connectivity index (χ1v) is 6.63. The Morgan fingerprint density at radius 2 is 2.00 bits per heavy atom. The van der Waals surface area contributed by atoms with Crippen LogP contribution in [0, 0.1) is 11.3 Å². The van der Waals surface area contributed by atoms with E-state index in [1.165, 1.54) is 12.3 Å². The number of nitrogens with one attached hydrogen (secondary N) is 2. The zero-order chi connectivity index (χ0) is 15.3. The minimum Gasteiger partial charge on any atom is -0.385 e. The third-order valence-corrected chi connectivity index (χ3v) is 2.76. The van der Waals surface area contributed by atoms with Crippen molar-refractivity contribution in [2.75, 3.05) is 5.32 Å². The summed E-state index contributed by atoms with van der Waals surface area (Å²) >= 11 is 11.8. The Kier molecular flexibility index (Phi) is 5.43. The topological polar surface area (TPSA) is 64.9 Å². The fourth-order valence-electron chi connectivity index (χ4n) is 1.22. The van der Waals surface area contributed by atoms with E-state index in [0.717, 1.165) is 0 Å². The third-order valence-electron chi connectivity index (χ3n) is 2.19. The SMILES string of the molecule is CC(C)(C)N/C=C(/C#N)C(=O)Nc1cc(Cl)ccc1Cl. The van der Waals surface area contributed by atoms with Gasteiger partial charge in [0.25, 0.3) is 5.91 Å². The lowest BCUT2D eigenvalue weighted by molar-refractivity contribution is -0.112. The van der Waals surface area contributed by atoms with Gasteiger partial charge < -0.3 is 10.6 Å². The average molecular weight is 312 g/mol. The van der Waals surface area contributed by atoms with E-state index in [9.17, 15) is 4.79 Å². The highest BCUT2D eigenvalue weighted by Crippen LogP contribution is 2.25. The summed E-state index contributed by atoms with van der Waals surface area (Å²) in [6, 6.07) is 6.55. The number of carbonyl (C=O) groups excluding carboxylic acids is 1. The van der Waals surface area contributed by atoms with Crippen LogP contribution in [0.25, 0.3) is 0 Å². The van der Waals surface area contributed by atoms with Crippen LogP contribution in [-0.4, -0.2) is 11.4 Å². The number of amides is 1. The molecular weight excluding hydrogens is 297 g/mol. The number of hydrogen-bond donors (Lipinski definition) is 2. The molecule has 0 aliphatic rings. The van der Waals surface area contributed by atoms with Gasteiger partial charge in [-0.05, 0) is 39.0 Å². The molecule has 20 heavy (non-hydrogen) atoms. The van der Waals surface area contributed by atoms with Crippen molar-refractivity contribution in [1.82, 2.24) is 5.32 Å². The maximum absolute atomic E-state index is 12.0. The smallest absolute Gasteiger partial charge is 0.267 e. The van der Waals surface area contributed by atoms with Crippen molar-refractivity contribution in [3.05, 3.63) is 40.0 Å². The molecule has 0 aromatic heterocycles. The van der Waals surface area contributed by atoms with Crippen molar-refractivity contribution in [2.45, 2.75) is 26.3 Å². The highest BCUT2D eigenvalue weighted by Gasteiger charge is 2.13. The van der Waals surface area contributed by atoms with Crippen LogP contribution in [0.4, 0.5) is 5.69 Å². The van der Waals surface area contributed by atoms with Gasteiger partial charge in [0.05, 0.1) is 10.7 Å². The van der Waals surface area contributed by atoms with Gasteiger partial charge in [-0.1, -0.05) is 23.2 Å². The molecule has 0 heterocycles. The van der Waals surface area contributed by atoms with Crippen molar-refractivity contribution in [3.63, 3.8) is 0 Å². The highest BCUT2D eigenvalue weighted by molar-refractivity contribution is 6.35. The van der Waals surface area contributed by atoms with Crippen LogP contribution in [0.15, 0.2) is 30.0 Å². The average Bonchev–Trinajstić information content (AvgIpc) is 2.33. The van der Waals surface area contributed by atoms with E-state index in [4.69, 9.17) is 28.5 Å². The number of rotatable bonds is 3. The molecule has 6 heteroatoms. The maximum atomic E-state index is 12.0. The molecule has 0 spiro atoms. The first kappa shape index (κ1) is 16.4. The van der Waals surface area contributed by atoms with Gasteiger partial charge in [-0.25, -0.2) is 0 Å². The molecule has 0 saturated heterocycles. The normalized spacial score (nSPS) is 11.7. The molecule has 0 aliphatic heterocycles. The van der Waals surface area contributed by atoms with Crippen molar-refractivity contribution in [3.8, 4) is 6.07 Å². The number of halogens is 2. The van der Waals surface area contributed by atoms with Gasteiger partial charge in [0.2, 0.25) is 0 Å². The molecule has 1 rings (SSSR count). The van der Waals surface area contributed by atoms with Gasteiger partial charge in [-0.15, -0.1) is 0 Å². The summed E-state index contributed by atoms with van der Waals surface area (Å²) in [4.78, 5) is 12.0. The molecule has 4 nitrogen and oxygen atoms in total. The van der Waals surface area contributed by atoms with Crippen LogP contribution in [0.5, 0.6) is 0 Å². The molecule has 1 amide bonds. The minimum absolute atomic E-state index is 0.0454. The van der Waals surface area contributed by atoms with Crippen molar-refractivity contribution >= 4 is 34.8 Å². The molecular formula is C14H15Cl2N3O. The van der Waals surface area contributed by atoms with E-state index in [1.807, 2.05) is 26.8 Å². The van der Waals surface area contributed by atoms with Crippen LogP contribution in [0.3, 0.4) is 0 Å². The number of anilines is 1. The number of carbonyl (C=O) groups is 1. The summed E-state index contributed by atoms with van der Waals surface area (Å²) < 4.78 is 0. The summed E-state index contributed by atoms with van der Waals surface area (Å²) in [5.41, 5.74) is 0.0767. The molecule has 1 aromatic rings. The first-order valence-electron chi connectivity index (χ1n) is 5.87. The van der Waals surface area contributed by atoms with Crippen LogP contribution < -0.4 is 10.6 Å². The Hall–Kier alpha value is -1.70. The van der Waals surface area contributed by atoms with E-state index in [0.29, 0.717) is 15.7 Å². The Morgan fingerprint density at radius 1 is 1.35 bits per heavy atom. The van der Waals surface area contributed by atoms with Gasteiger partial charge in [-0.2, -0.15) is 5.26 Å². The summed E-state index contributed by atoms with van der Waals surface area (Å²) in [6.45, 7) is 5.76. The third kappa shape index (κ3) is 5.12. The monoisotopic (exact) mass is 311 g/mol. The predicted molar refractivity (Wildman–Crippen MR) is 81.7 cm³/mol. The molecule has 1 aromatic carbocycles. The Labute approximate surface area is 128 Å². The Balaban J connectivity index is 2.89. The van der Waals surface area contributed by atoms with Gasteiger partial charge in [0.1, 0.15) is 11.6 Å². The van der Waals surface area contributed by atoms with Crippen molar-refractivity contribution < 1.29 is 4.79 Å². The lowest BCUT2D eigenvalue weighted by atomic mass is 10.1. The standard InChI is InChI=1S/C14H15Cl2N3O/c1-14(2,3)18-8-9(7-17)13(20)19-12-6-10(15)4-5-11(12)16/h4-6,8,18H,1-3H3,(H,19,20)/b9-8-. The fourth-order valence-corrected chi connectivity index (χ4v) is 1.56. The van der Waals surface area contributed by atoms with E-state index in [-0.39, 0.29) is 11.1 Å². The second-order valence-electron chi connectivity index (χ2n) is 5.14. The fraction of sp³-hybridized carbons (Fsp3) is 0.286. The largest absolute Gasteiger partial charge is 0.385 e. The van der Waals surface area contributed by atoms with Crippen LogP contribution >= 0.6 is 23.2 Å². The van der Waals surface area contributed by atoms with E-state index >= 15 is 0 Å². The van der Waals surface area contributed by atoms with Gasteiger partial charge in [-0.3, -0.25) is 4.79 Å². The molecule has 0 saturated carbocycles. The van der Waals surface area contributed by atoms with Crippen LogP contribution in [0.2, 0.25) is 10.0 Å². The first-order chi connectivity index (χ1) is 9.23. The zero-order valence-corrected chi connectivity index (χ0v) is 12.9. The highest BCUT2D eigenvalue weighted by atomic mass is 35.5. The van der Waals surface area contributed by atoms with Crippen molar-refractivity contribution in [1.29, 1.82) is 5.26 Å². The molecule has 0 atom stereocenters. The second-order valence-corrected chi connectivity index (χ2v) is 5.99. The maximum Gasteiger partial charge on any atom is 0.267 e. The second kappa shape index (κ2) is 6.65. The summed E-state index contributed by atoms with van der Waals surface area (Å²) in [5.74, 6) is -0.548. The van der Waals surface area contributed by atoms with E-state index in [2.05, 4.69) is 10.6 Å². The molecule has 106 valence electrons. The zero-order valence-electron chi connectivity index (χ0n) is 11.4. The summed E-state index contributed by atoms with van der Waals surface area (Å²) in [7, 11) is 0. The molecule has 0 fully saturated rings. The lowest BCUT2D eigenvalue weighted by Crippen LogP contribution is -2.32. The number of nitriles is 1. The van der Waals surface area contributed by atoms with Gasteiger partial charge in [0.15, 0.2) is 0 Å². The molecule has 0 radical (unpaired) electrons. The van der Waals surface area contributed by atoms with Crippen LogP contribution in [0.1, 0.15) is 20.8 Å². The quantitative estimate of drug-likeness (QED) is 0.660. The van der Waals surface area contributed by atoms with Gasteiger partial charge in [0, 0.05) is 16.8 Å². The van der Waals surface area contributed by atoms with E-state index in [1.54, 1.807) is 12.1 Å². The minimum atomic E-state index is -0.548. The number of benzene rings is 1. The summed E-state index contributed by atoms with van der Waals surface area (Å²) in [5, 5.41) is 15.3. The lowest BCUT2D eigenvalue weighted by Gasteiger charge is -2.18. The number of hydrogen-bond acceptors (Lipinski definition) is 3. The molecule has 2 N–H and O–H groups in total. The van der Waals surface area contributed by atoms with Crippen molar-refractivity contribution in [2.24, 2.45) is 0 Å². The number of nitrogens with zero attached hydrogens (tertiary/aromatic N) is 1. The predicted octanol–water partition coefficient (Wildman–Crippen LogP) is 3.73. The molecule has 0 aliphatic carbocycles. The Morgan fingerprint density at radius 3 is 2.55 bits per heavy atom. The Bertz CT molecular complexity index is 583. The summed E-state index contributed by atoms with van der Waals surface area (Å²) in [6.07, 6.45) is 1.38. The molecule has 0 bridgehead atoms. The van der Waals surface area contributed by atoms with Crippen LogP contribution in [-0.2, 0) is 4.79 Å². The molecule has 0 unspecified atom stereocenters.